The van der Waals surface area contributed by atoms with Gasteiger partial charge >= 0.3 is 5.97 Å². The molecule has 9 heteroatoms. The smallest absolute Gasteiger partial charge is 0.306 e. The number of hydrogen-bond acceptors (Lipinski definition) is 6. The second-order valence-electron chi connectivity index (χ2n) is 7.94. The topological polar surface area (TPSA) is 93.2 Å². The Hall–Kier alpha value is -2.91. The second kappa shape index (κ2) is 11.3. The molecule has 0 unspecified atom stereocenters. The Kier molecular flexibility index (Phi) is 8.46. The molecule has 0 saturated carbocycles. The molecule has 1 amide bonds. The molecule has 2 aromatic carbocycles. The Labute approximate surface area is 195 Å². The van der Waals surface area contributed by atoms with Crippen LogP contribution in [0.25, 0.3) is 0 Å². The first kappa shape index (κ1) is 24.7. The van der Waals surface area contributed by atoms with Crippen molar-refractivity contribution in [3.05, 3.63) is 59.7 Å². The van der Waals surface area contributed by atoms with Crippen molar-refractivity contribution < 1.29 is 27.5 Å². The highest BCUT2D eigenvalue weighted by molar-refractivity contribution is 7.89. The minimum atomic E-state index is -3.61. The Morgan fingerprint density at radius 3 is 2.30 bits per heavy atom. The number of aryl methyl sites for hydroxylation is 2. The lowest BCUT2D eigenvalue weighted by molar-refractivity contribution is -0.147. The number of nitrogens with zero attached hydrogens (tertiary/aromatic N) is 2. The highest BCUT2D eigenvalue weighted by atomic mass is 32.2. The fraction of sp³-hybridized carbons (Fsp3) is 0.417. The van der Waals surface area contributed by atoms with Crippen molar-refractivity contribution in [2.75, 3.05) is 39.4 Å². The zero-order valence-corrected chi connectivity index (χ0v) is 19.8. The third-order valence-electron chi connectivity index (χ3n) is 5.45. The van der Waals surface area contributed by atoms with Crippen LogP contribution in [0.3, 0.4) is 0 Å². The minimum Gasteiger partial charge on any atom is -0.490 e. The molecule has 8 nitrogen and oxygen atoms in total. The first-order valence-corrected chi connectivity index (χ1v) is 12.4. The first-order chi connectivity index (χ1) is 15.8. The molecule has 1 aliphatic rings. The Morgan fingerprint density at radius 1 is 0.909 bits per heavy atom. The van der Waals surface area contributed by atoms with E-state index in [2.05, 4.69) is 0 Å². The summed E-state index contributed by atoms with van der Waals surface area (Å²) >= 11 is 0. The van der Waals surface area contributed by atoms with E-state index in [0.717, 1.165) is 5.56 Å². The van der Waals surface area contributed by atoms with Crippen LogP contribution in [0.15, 0.2) is 53.4 Å². The third kappa shape index (κ3) is 6.79. The predicted molar refractivity (Wildman–Crippen MR) is 123 cm³/mol. The number of ether oxygens (including phenoxy) is 2. The summed E-state index contributed by atoms with van der Waals surface area (Å²) in [6.07, 6.45) is 0.00723. The van der Waals surface area contributed by atoms with E-state index >= 15 is 0 Å². The summed E-state index contributed by atoms with van der Waals surface area (Å²) in [5.41, 5.74) is 1.58. The summed E-state index contributed by atoms with van der Waals surface area (Å²) in [4.78, 5) is 26.3. The van der Waals surface area contributed by atoms with Gasteiger partial charge < -0.3 is 14.4 Å². The van der Waals surface area contributed by atoms with Gasteiger partial charge in [-0.05, 0) is 43.2 Å². The number of esters is 1. The van der Waals surface area contributed by atoms with Gasteiger partial charge in [0.1, 0.15) is 19.0 Å². The number of piperazine rings is 1. The van der Waals surface area contributed by atoms with Crippen LogP contribution in [0.4, 0.5) is 0 Å². The SMILES string of the molecule is Cc1ccc(C)c(S(=O)(=O)N2CCN(C(=O)CCC(=O)OCCOc3ccccc3)CC2)c1. The van der Waals surface area contributed by atoms with Gasteiger partial charge in [0, 0.05) is 32.6 Å². The number of carbonyl (C=O) groups is 2. The summed E-state index contributed by atoms with van der Waals surface area (Å²) in [7, 11) is -3.61. The Balaban J connectivity index is 1.39. The molecule has 2 aromatic rings. The Morgan fingerprint density at radius 2 is 1.61 bits per heavy atom. The van der Waals surface area contributed by atoms with E-state index in [0.29, 0.717) is 29.3 Å². The first-order valence-electron chi connectivity index (χ1n) is 11.0. The molecule has 3 rings (SSSR count). The van der Waals surface area contributed by atoms with Gasteiger partial charge in [-0.15, -0.1) is 0 Å². The molecule has 0 atom stereocenters. The molecular weight excluding hydrogens is 444 g/mol. The van der Waals surface area contributed by atoms with E-state index in [1.54, 1.807) is 24.0 Å². The van der Waals surface area contributed by atoms with Crippen molar-refractivity contribution in [2.24, 2.45) is 0 Å². The van der Waals surface area contributed by atoms with E-state index < -0.39 is 16.0 Å². The summed E-state index contributed by atoms with van der Waals surface area (Å²) in [6.45, 7) is 5.02. The maximum absolute atomic E-state index is 13.0. The molecular formula is C24H30N2O6S. The second-order valence-corrected chi connectivity index (χ2v) is 9.84. The van der Waals surface area contributed by atoms with E-state index in [1.807, 2.05) is 43.3 Å². The van der Waals surface area contributed by atoms with Crippen molar-refractivity contribution in [2.45, 2.75) is 31.6 Å². The highest BCUT2D eigenvalue weighted by Gasteiger charge is 2.31. The lowest BCUT2D eigenvalue weighted by atomic mass is 10.2. The average Bonchev–Trinajstić information content (AvgIpc) is 2.82. The van der Waals surface area contributed by atoms with Gasteiger partial charge in [0.2, 0.25) is 15.9 Å². The van der Waals surface area contributed by atoms with Gasteiger partial charge in [0.05, 0.1) is 11.3 Å². The van der Waals surface area contributed by atoms with Gasteiger partial charge in [0.15, 0.2) is 0 Å². The van der Waals surface area contributed by atoms with Crippen LogP contribution < -0.4 is 4.74 Å². The minimum absolute atomic E-state index is 0.0226. The summed E-state index contributed by atoms with van der Waals surface area (Å²) in [5.74, 6) is 0.0508. The van der Waals surface area contributed by atoms with Crippen LogP contribution in [-0.2, 0) is 24.3 Å². The zero-order chi connectivity index (χ0) is 23.8. The highest BCUT2D eigenvalue weighted by Crippen LogP contribution is 2.22. The summed E-state index contributed by atoms with van der Waals surface area (Å²) in [5, 5.41) is 0. The van der Waals surface area contributed by atoms with Crippen LogP contribution in [0.5, 0.6) is 5.75 Å². The zero-order valence-electron chi connectivity index (χ0n) is 19.0. The lowest BCUT2D eigenvalue weighted by Crippen LogP contribution is -2.50. The number of hydrogen-bond donors (Lipinski definition) is 0. The van der Waals surface area contributed by atoms with E-state index in [4.69, 9.17) is 9.47 Å². The van der Waals surface area contributed by atoms with E-state index in [-0.39, 0.29) is 45.1 Å². The van der Waals surface area contributed by atoms with Crippen LogP contribution in [-0.4, -0.2) is 68.9 Å². The number of sulfonamides is 1. The monoisotopic (exact) mass is 474 g/mol. The standard InChI is InChI=1S/C24H30N2O6S/c1-19-8-9-20(2)22(18-19)33(29,30)26-14-12-25(13-15-26)23(27)10-11-24(28)32-17-16-31-21-6-4-3-5-7-21/h3-9,18H,10-17H2,1-2H3. The maximum atomic E-state index is 13.0. The average molecular weight is 475 g/mol. The van der Waals surface area contributed by atoms with Gasteiger partial charge in [-0.1, -0.05) is 30.3 Å². The fourth-order valence-electron chi connectivity index (χ4n) is 3.57. The van der Waals surface area contributed by atoms with Crippen LogP contribution in [0.1, 0.15) is 24.0 Å². The van der Waals surface area contributed by atoms with Crippen LogP contribution in [0, 0.1) is 13.8 Å². The lowest BCUT2D eigenvalue weighted by Gasteiger charge is -2.34. The van der Waals surface area contributed by atoms with Gasteiger partial charge in [-0.2, -0.15) is 4.31 Å². The largest absolute Gasteiger partial charge is 0.490 e. The molecule has 0 radical (unpaired) electrons. The molecule has 1 heterocycles. The summed E-state index contributed by atoms with van der Waals surface area (Å²) in [6, 6.07) is 14.6. The number of carbonyl (C=O) groups excluding carboxylic acids is 2. The van der Waals surface area contributed by atoms with Crippen LogP contribution >= 0.6 is 0 Å². The van der Waals surface area contributed by atoms with E-state index in [1.165, 1.54) is 4.31 Å². The number of para-hydroxylation sites is 1. The molecule has 0 bridgehead atoms. The predicted octanol–water partition coefficient (Wildman–Crippen LogP) is 2.54. The number of rotatable bonds is 9. The number of amides is 1. The molecule has 178 valence electrons. The normalized spacial score (nSPS) is 14.7. The van der Waals surface area contributed by atoms with Crippen molar-refractivity contribution in [3.63, 3.8) is 0 Å². The van der Waals surface area contributed by atoms with Crippen LogP contribution in [0.2, 0.25) is 0 Å². The molecule has 0 aliphatic carbocycles. The Bertz CT molecular complexity index is 1060. The van der Waals surface area contributed by atoms with Gasteiger partial charge in [-0.3, -0.25) is 9.59 Å². The summed E-state index contributed by atoms with van der Waals surface area (Å²) < 4.78 is 38.0. The van der Waals surface area contributed by atoms with Gasteiger partial charge in [-0.25, -0.2) is 8.42 Å². The molecule has 33 heavy (non-hydrogen) atoms. The van der Waals surface area contributed by atoms with Crippen molar-refractivity contribution >= 4 is 21.9 Å². The molecule has 0 N–H and O–H groups in total. The molecule has 1 aliphatic heterocycles. The maximum Gasteiger partial charge on any atom is 0.306 e. The van der Waals surface area contributed by atoms with Gasteiger partial charge in [0.25, 0.3) is 0 Å². The van der Waals surface area contributed by atoms with Crippen molar-refractivity contribution in [1.29, 1.82) is 0 Å². The van der Waals surface area contributed by atoms with Crippen molar-refractivity contribution in [1.82, 2.24) is 9.21 Å². The van der Waals surface area contributed by atoms with Crippen molar-refractivity contribution in [3.8, 4) is 5.75 Å². The molecule has 1 saturated heterocycles. The molecule has 0 aromatic heterocycles. The third-order valence-corrected chi connectivity index (χ3v) is 7.49. The molecule has 0 spiro atoms. The fourth-order valence-corrected chi connectivity index (χ4v) is 5.31. The van der Waals surface area contributed by atoms with E-state index in [9.17, 15) is 18.0 Å². The number of benzene rings is 2. The quantitative estimate of drug-likeness (QED) is 0.410. The molecule has 1 fully saturated rings.